The minimum atomic E-state index is -0.306. The number of nitrogens with two attached hydrogens (primary N) is 1. The first kappa shape index (κ1) is 14.1. The van der Waals surface area contributed by atoms with Gasteiger partial charge in [-0.15, -0.1) is 0 Å². The summed E-state index contributed by atoms with van der Waals surface area (Å²) in [5.41, 5.74) is 6.58. The second kappa shape index (κ2) is 6.20. The molecule has 0 aromatic heterocycles. The molecule has 2 rings (SSSR count). The highest BCUT2D eigenvalue weighted by atomic mass is 16.2. The first-order valence-electron chi connectivity index (χ1n) is 7.24. The van der Waals surface area contributed by atoms with Crippen molar-refractivity contribution in [3.05, 3.63) is 35.9 Å². The van der Waals surface area contributed by atoms with Crippen LogP contribution in [0.25, 0.3) is 0 Å². The minimum absolute atomic E-state index is 0.136. The largest absolute Gasteiger partial charge is 0.355 e. The molecule has 0 bridgehead atoms. The van der Waals surface area contributed by atoms with Crippen molar-refractivity contribution < 1.29 is 4.79 Å². The van der Waals surface area contributed by atoms with Crippen LogP contribution in [0.15, 0.2) is 30.3 Å². The second-order valence-electron chi connectivity index (χ2n) is 5.68. The molecule has 1 aromatic carbocycles. The van der Waals surface area contributed by atoms with Gasteiger partial charge in [-0.25, -0.2) is 0 Å². The Balaban J connectivity index is 2.09. The molecule has 3 heteroatoms. The summed E-state index contributed by atoms with van der Waals surface area (Å²) >= 11 is 0. The molecule has 1 atom stereocenters. The Bertz CT molecular complexity index is 408. The van der Waals surface area contributed by atoms with Gasteiger partial charge in [0.15, 0.2) is 0 Å². The molecule has 0 radical (unpaired) electrons. The molecule has 3 nitrogen and oxygen atoms in total. The lowest BCUT2D eigenvalue weighted by Crippen LogP contribution is -2.43. The number of rotatable bonds is 5. The van der Waals surface area contributed by atoms with Crippen LogP contribution < -0.4 is 11.1 Å². The van der Waals surface area contributed by atoms with Crippen LogP contribution in [-0.2, 0) is 10.2 Å². The fourth-order valence-corrected chi connectivity index (χ4v) is 2.97. The van der Waals surface area contributed by atoms with Crippen molar-refractivity contribution in [2.24, 2.45) is 5.73 Å². The van der Waals surface area contributed by atoms with Crippen molar-refractivity contribution in [3.8, 4) is 0 Å². The number of benzene rings is 1. The van der Waals surface area contributed by atoms with E-state index in [2.05, 4.69) is 17.4 Å². The zero-order valence-corrected chi connectivity index (χ0v) is 11.7. The van der Waals surface area contributed by atoms with Gasteiger partial charge < -0.3 is 11.1 Å². The van der Waals surface area contributed by atoms with Gasteiger partial charge in [0.1, 0.15) is 0 Å². The zero-order chi connectivity index (χ0) is 13.7. The first-order valence-corrected chi connectivity index (χ1v) is 7.24. The molecule has 0 heterocycles. The molecule has 1 unspecified atom stereocenters. The van der Waals surface area contributed by atoms with Crippen LogP contribution in [-0.4, -0.2) is 18.5 Å². The molecule has 104 valence electrons. The lowest BCUT2D eigenvalue weighted by atomic mass is 9.78. The van der Waals surface area contributed by atoms with E-state index in [0.29, 0.717) is 6.54 Å². The number of hydrogen-bond acceptors (Lipinski definition) is 2. The molecular weight excluding hydrogens is 236 g/mol. The summed E-state index contributed by atoms with van der Waals surface area (Å²) < 4.78 is 0. The van der Waals surface area contributed by atoms with Gasteiger partial charge in [0.25, 0.3) is 0 Å². The van der Waals surface area contributed by atoms with Crippen LogP contribution in [0.3, 0.4) is 0 Å². The predicted molar refractivity (Wildman–Crippen MR) is 77.9 cm³/mol. The summed E-state index contributed by atoms with van der Waals surface area (Å²) in [5, 5.41) is 3.08. The average Bonchev–Trinajstić information content (AvgIpc) is 2.90. The van der Waals surface area contributed by atoms with Gasteiger partial charge in [-0.1, -0.05) is 43.2 Å². The molecule has 0 saturated heterocycles. The predicted octanol–water partition coefficient (Wildman–Crippen LogP) is 2.35. The van der Waals surface area contributed by atoms with Crippen LogP contribution in [0, 0.1) is 0 Å². The zero-order valence-electron chi connectivity index (χ0n) is 11.7. The topological polar surface area (TPSA) is 55.1 Å². The summed E-state index contributed by atoms with van der Waals surface area (Å²) in [5.74, 6) is 0.178. The summed E-state index contributed by atoms with van der Waals surface area (Å²) in [6.07, 6.45) is 5.02. The highest BCUT2D eigenvalue weighted by Crippen LogP contribution is 2.41. The third-order valence-electron chi connectivity index (χ3n) is 4.10. The smallest absolute Gasteiger partial charge is 0.230 e. The number of amides is 1. The van der Waals surface area contributed by atoms with E-state index in [1.54, 1.807) is 0 Å². The number of hydrogen-bond donors (Lipinski definition) is 2. The summed E-state index contributed by atoms with van der Waals surface area (Å²) in [6, 6.07) is 10.3. The van der Waals surface area contributed by atoms with Gasteiger partial charge in [0.2, 0.25) is 5.91 Å². The number of nitrogens with one attached hydrogen (secondary N) is 1. The minimum Gasteiger partial charge on any atom is -0.355 e. The van der Waals surface area contributed by atoms with Crippen LogP contribution in [0.5, 0.6) is 0 Å². The lowest BCUT2D eigenvalue weighted by Gasteiger charge is -2.28. The average molecular weight is 260 g/mol. The molecule has 0 aliphatic heterocycles. The van der Waals surface area contributed by atoms with Crippen molar-refractivity contribution in [3.63, 3.8) is 0 Å². The normalized spacial score (nSPS) is 19.1. The van der Waals surface area contributed by atoms with E-state index >= 15 is 0 Å². The van der Waals surface area contributed by atoms with Gasteiger partial charge in [-0.05, 0) is 31.7 Å². The lowest BCUT2D eigenvalue weighted by molar-refractivity contribution is -0.126. The molecule has 0 spiro atoms. The third-order valence-corrected chi connectivity index (χ3v) is 4.10. The molecular formula is C16H24N2O. The Morgan fingerprint density at radius 2 is 1.95 bits per heavy atom. The van der Waals surface area contributed by atoms with E-state index in [1.807, 2.05) is 25.1 Å². The fraction of sp³-hybridized carbons (Fsp3) is 0.562. The van der Waals surface area contributed by atoms with Crippen LogP contribution in [0.2, 0.25) is 0 Å². The standard InChI is InChI=1S/C16H24N2O/c1-13(17)9-12-18-15(19)16(10-5-6-11-16)14-7-3-2-4-8-14/h2-4,7-8,13H,5-6,9-12,17H2,1H3,(H,18,19). The van der Waals surface area contributed by atoms with E-state index in [4.69, 9.17) is 5.73 Å². The summed E-state index contributed by atoms with van der Waals surface area (Å²) in [6.45, 7) is 2.64. The molecule has 1 amide bonds. The maximum Gasteiger partial charge on any atom is 0.230 e. The SMILES string of the molecule is CC(N)CCNC(=O)C1(c2ccccc2)CCCC1. The Morgan fingerprint density at radius 3 is 2.53 bits per heavy atom. The quantitative estimate of drug-likeness (QED) is 0.854. The highest BCUT2D eigenvalue weighted by Gasteiger charge is 2.42. The van der Waals surface area contributed by atoms with Crippen LogP contribution >= 0.6 is 0 Å². The van der Waals surface area contributed by atoms with Crippen molar-refractivity contribution in [1.29, 1.82) is 0 Å². The highest BCUT2D eigenvalue weighted by molar-refractivity contribution is 5.88. The monoisotopic (exact) mass is 260 g/mol. The Morgan fingerprint density at radius 1 is 1.32 bits per heavy atom. The Labute approximate surface area is 115 Å². The molecule has 1 aliphatic rings. The molecule has 3 N–H and O–H groups in total. The van der Waals surface area contributed by atoms with Crippen LogP contribution in [0.1, 0.15) is 44.6 Å². The first-order chi connectivity index (χ1) is 9.15. The van der Waals surface area contributed by atoms with E-state index in [9.17, 15) is 4.79 Å². The summed E-state index contributed by atoms with van der Waals surface area (Å²) in [4.78, 5) is 12.6. The van der Waals surface area contributed by atoms with Crippen molar-refractivity contribution in [2.75, 3.05) is 6.54 Å². The molecule has 1 aliphatic carbocycles. The molecule has 1 saturated carbocycles. The number of carbonyl (C=O) groups is 1. The van der Waals surface area contributed by atoms with Crippen LogP contribution in [0.4, 0.5) is 0 Å². The Kier molecular flexibility index (Phi) is 4.59. The van der Waals surface area contributed by atoms with Crippen molar-refractivity contribution in [1.82, 2.24) is 5.32 Å². The van der Waals surface area contributed by atoms with Gasteiger partial charge >= 0.3 is 0 Å². The van der Waals surface area contributed by atoms with Crippen molar-refractivity contribution in [2.45, 2.75) is 50.5 Å². The van der Waals surface area contributed by atoms with Gasteiger partial charge in [0, 0.05) is 12.6 Å². The molecule has 19 heavy (non-hydrogen) atoms. The second-order valence-corrected chi connectivity index (χ2v) is 5.68. The number of carbonyl (C=O) groups excluding carboxylic acids is 1. The van der Waals surface area contributed by atoms with E-state index in [1.165, 1.54) is 0 Å². The van der Waals surface area contributed by atoms with Gasteiger partial charge in [-0.3, -0.25) is 4.79 Å². The van der Waals surface area contributed by atoms with E-state index in [-0.39, 0.29) is 17.4 Å². The fourth-order valence-electron chi connectivity index (χ4n) is 2.97. The Hall–Kier alpha value is -1.35. The maximum absolute atomic E-state index is 12.6. The molecule has 1 aromatic rings. The van der Waals surface area contributed by atoms with E-state index < -0.39 is 0 Å². The van der Waals surface area contributed by atoms with Gasteiger partial charge in [0.05, 0.1) is 5.41 Å². The van der Waals surface area contributed by atoms with E-state index in [0.717, 1.165) is 37.7 Å². The van der Waals surface area contributed by atoms with Crippen molar-refractivity contribution >= 4 is 5.91 Å². The third kappa shape index (κ3) is 3.16. The van der Waals surface area contributed by atoms with Gasteiger partial charge in [-0.2, -0.15) is 0 Å². The molecule has 1 fully saturated rings. The summed E-state index contributed by atoms with van der Waals surface area (Å²) in [7, 11) is 0. The maximum atomic E-state index is 12.6.